The van der Waals surface area contributed by atoms with Gasteiger partial charge in [-0.05, 0) is 42.2 Å². The van der Waals surface area contributed by atoms with Gasteiger partial charge in [-0.25, -0.2) is 9.78 Å². The number of piperidine rings is 1. The molecule has 0 saturated carbocycles. The minimum atomic E-state index is -0.583. The van der Waals surface area contributed by atoms with Crippen LogP contribution in [0.4, 0.5) is 0 Å². The maximum Gasteiger partial charge on any atom is 0.333 e. The van der Waals surface area contributed by atoms with Crippen LogP contribution in [0.15, 0.2) is 29.4 Å². The molecule has 1 saturated heterocycles. The number of hydroxylamine groups is 2. The normalized spacial score (nSPS) is 14.0. The van der Waals surface area contributed by atoms with Crippen LogP contribution >= 0.6 is 21.6 Å². The molecule has 1 aliphatic heterocycles. The largest absolute Gasteiger partial charge is 0.356 e. The van der Waals surface area contributed by atoms with E-state index in [1.807, 2.05) is 18.2 Å². The second kappa shape index (κ2) is 13.2. The summed E-state index contributed by atoms with van der Waals surface area (Å²) in [5, 5.41) is 4.37. The predicted molar refractivity (Wildman–Crippen MR) is 110 cm³/mol. The molecule has 10 heteroatoms. The van der Waals surface area contributed by atoms with Gasteiger partial charge in [0, 0.05) is 44.2 Å². The van der Waals surface area contributed by atoms with Gasteiger partial charge in [0.15, 0.2) is 0 Å². The molecule has 2 rings (SSSR count). The Kier molecular flexibility index (Phi) is 10.6. The maximum atomic E-state index is 11.8. The Bertz CT molecular complexity index is 686. The van der Waals surface area contributed by atoms with E-state index in [-0.39, 0.29) is 25.2 Å². The quantitative estimate of drug-likeness (QED) is 0.301. The van der Waals surface area contributed by atoms with Crippen molar-refractivity contribution in [2.24, 2.45) is 0 Å². The summed E-state index contributed by atoms with van der Waals surface area (Å²) in [4.78, 5) is 55.7. The SMILES string of the molecule is O=C(CCSSc1ccccn1)NCCCCCC(=O)ON1C(=O)CCCC1=O. The highest BCUT2D eigenvalue weighted by atomic mass is 33.1. The van der Waals surface area contributed by atoms with Crippen molar-refractivity contribution in [3.05, 3.63) is 24.4 Å². The monoisotopic (exact) mass is 439 g/mol. The summed E-state index contributed by atoms with van der Waals surface area (Å²) >= 11 is 0. The molecule has 1 aromatic rings. The van der Waals surface area contributed by atoms with E-state index < -0.39 is 17.8 Å². The molecule has 0 bridgehead atoms. The molecule has 0 atom stereocenters. The van der Waals surface area contributed by atoms with Gasteiger partial charge in [0.25, 0.3) is 11.8 Å². The van der Waals surface area contributed by atoms with E-state index >= 15 is 0 Å². The van der Waals surface area contributed by atoms with Crippen LogP contribution in [-0.2, 0) is 24.0 Å². The van der Waals surface area contributed by atoms with E-state index in [4.69, 9.17) is 4.84 Å². The van der Waals surface area contributed by atoms with Crippen molar-refractivity contribution in [3.63, 3.8) is 0 Å². The molecular formula is C19H25N3O5S2. The minimum Gasteiger partial charge on any atom is -0.356 e. The number of rotatable bonds is 12. The van der Waals surface area contributed by atoms with E-state index in [0.717, 1.165) is 17.9 Å². The van der Waals surface area contributed by atoms with Crippen molar-refractivity contribution in [3.8, 4) is 0 Å². The standard InChI is InChI=1S/C19H25N3O5S2/c23-15(11-14-28-29-16-7-3-5-13-21-16)20-12-4-1-2-10-19(26)27-22-17(24)8-6-9-18(22)25/h3,5,7,13H,1-2,4,6,8-12,14H2,(H,20,23). The zero-order valence-electron chi connectivity index (χ0n) is 16.1. The van der Waals surface area contributed by atoms with Crippen LogP contribution < -0.4 is 5.32 Å². The predicted octanol–water partition coefficient (Wildman–Crippen LogP) is 2.89. The molecule has 1 aromatic heterocycles. The van der Waals surface area contributed by atoms with E-state index in [0.29, 0.717) is 36.6 Å². The number of hydrogen-bond acceptors (Lipinski definition) is 8. The van der Waals surface area contributed by atoms with Gasteiger partial charge in [-0.15, -0.1) is 5.06 Å². The van der Waals surface area contributed by atoms with Crippen LogP contribution in [0.1, 0.15) is 51.4 Å². The molecular weight excluding hydrogens is 414 g/mol. The van der Waals surface area contributed by atoms with Crippen LogP contribution in [0.2, 0.25) is 0 Å². The summed E-state index contributed by atoms with van der Waals surface area (Å²) in [6.45, 7) is 0.551. The maximum absolute atomic E-state index is 11.8. The summed E-state index contributed by atoms with van der Waals surface area (Å²) in [6, 6.07) is 5.71. The summed E-state index contributed by atoms with van der Waals surface area (Å²) in [6.07, 6.45) is 5.31. The first kappa shape index (κ1) is 23.2. The van der Waals surface area contributed by atoms with Crippen LogP contribution in [-0.4, -0.2) is 46.0 Å². The smallest absolute Gasteiger partial charge is 0.333 e. The van der Waals surface area contributed by atoms with Gasteiger partial charge >= 0.3 is 5.97 Å². The molecule has 1 fully saturated rings. The zero-order chi connectivity index (χ0) is 20.9. The molecule has 1 N–H and O–H groups in total. The first-order valence-corrected chi connectivity index (χ1v) is 11.9. The number of hydrogen-bond donors (Lipinski definition) is 1. The number of nitrogens with one attached hydrogen (secondary N) is 1. The Morgan fingerprint density at radius 3 is 2.62 bits per heavy atom. The van der Waals surface area contributed by atoms with Gasteiger partial charge in [0.05, 0.1) is 0 Å². The molecule has 0 aromatic carbocycles. The molecule has 158 valence electrons. The number of unbranched alkanes of at least 4 members (excludes halogenated alkanes) is 2. The number of nitrogens with zero attached hydrogens (tertiary/aromatic N) is 2. The number of pyridine rings is 1. The number of carbonyl (C=O) groups excluding carboxylic acids is 4. The Morgan fingerprint density at radius 2 is 1.90 bits per heavy atom. The fraction of sp³-hybridized carbons (Fsp3) is 0.526. The highest BCUT2D eigenvalue weighted by molar-refractivity contribution is 8.76. The van der Waals surface area contributed by atoms with Gasteiger partial charge in [-0.1, -0.05) is 23.3 Å². The fourth-order valence-electron chi connectivity index (χ4n) is 2.50. The van der Waals surface area contributed by atoms with Crippen molar-refractivity contribution in [1.82, 2.24) is 15.4 Å². The van der Waals surface area contributed by atoms with Gasteiger partial charge in [-0.2, -0.15) is 0 Å². The number of imide groups is 1. The van der Waals surface area contributed by atoms with E-state index in [1.54, 1.807) is 27.8 Å². The van der Waals surface area contributed by atoms with Crippen LogP contribution in [0.3, 0.4) is 0 Å². The highest BCUT2D eigenvalue weighted by Gasteiger charge is 2.29. The lowest BCUT2D eigenvalue weighted by Gasteiger charge is -2.22. The molecule has 0 aliphatic carbocycles. The lowest BCUT2D eigenvalue weighted by atomic mass is 10.1. The van der Waals surface area contributed by atoms with Crippen LogP contribution in [0.25, 0.3) is 0 Å². The third-order valence-corrected chi connectivity index (χ3v) is 6.27. The van der Waals surface area contributed by atoms with Gasteiger partial charge < -0.3 is 10.2 Å². The molecule has 8 nitrogen and oxygen atoms in total. The molecule has 0 radical (unpaired) electrons. The zero-order valence-corrected chi connectivity index (χ0v) is 17.8. The van der Waals surface area contributed by atoms with Crippen molar-refractivity contribution in [2.75, 3.05) is 12.3 Å². The Hall–Kier alpha value is -2.07. The number of carbonyl (C=O) groups is 4. The first-order valence-electron chi connectivity index (χ1n) is 9.60. The molecule has 2 heterocycles. The van der Waals surface area contributed by atoms with E-state index in [2.05, 4.69) is 10.3 Å². The molecule has 3 amide bonds. The number of aromatic nitrogens is 1. The summed E-state index contributed by atoms with van der Waals surface area (Å²) < 4.78 is 0. The Morgan fingerprint density at radius 1 is 1.10 bits per heavy atom. The van der Waals surface area contributed by atoms with Gasteiger partial charge in [0.2, 0.25) is 5.91 Å². The van der Waals surface area contributed by atoms with Gasteiger partial charge in [-0.3, -0.25) is 14.4 Å². The lowest BCUT2D eigenvalue weighted by molar-refractivity contribution is -0.205. The summed E-state index contributed by atoms with van der Waals surface area (Å²) in [5.41, 5.74) is 0. The van der Waals surface area contributed by atoms with Crippen LogP contribution in [0, 0.1) is 0 Å². The van der Waals surface area contributed by atoms with Gasteiger partial charge in [0.1, 0.15) is 5.03 Å². The van der Waals surface area contributed by atoms with Crippen molar-refractivity contribution >= 4 is 45.3 Å². The fourth-order valence-corrected chi connectivity index (χ4v) is 4.37. The molecule has 29 heavy (non-hydrogen) atoms. The first-order chi connectivity index (χ1) is 14.1. The average molecular weight is 440 g/mol. The lowest BCUT2D eigenvalue weighted by Crippen LogP contribution is -2.41. The Balaban J connectivity index is 1.44. The topological polar surface area (TPSA) is 106 Å². The third kappa shape index (κ3) is 9.31. The van der Waals surface area contributed by atoms with Crippen molar-refractivity contribution in [1.29, 1.82) is 0 Å². The summed E-state index contributed by atoms with van der Waals surface area (Å²) in [7, 11) is 3.14. The minimum absolute atomic E-state index is 0.000605. The third-order valence-electron chi connectivity index (χ3n) is 4.00. The van der Waals surface area contributed by atoms with E-state index in [9.17, 15) is 19.2 Å². The van der Waals surface area contributed by atoms with E-state index in [1.165, 1.54) is 0 Å². The summed E-state index contributed by atoms with van der Waals surface area (Å²) in [5.74, 6) is -0.809. The number of amides is 3. The Labute approximate surface area is 177 Å². The second-order valence-electron chi connectivity index (χ2n) is 6.38. The van der Waals surface area contributed by atoms with Crippen molar-refractivity contribution in [2.45, 2.75) is 56.4 Å². The molecule has 0 unspecified atom stereocenters. The van der Waals surface area contributed by atoms with Crippen LogP contribution in [0.5, 0.6) is 0 Å². The molecule has 1 aliphatic rings. The molecule has 0 spiro atoms. The average Bonchev–Trinajstić information content (AvgIpc) is 2.71. The highest BCUT2D eigenvalue weighted by Crippen LogP contribution is 2.29. The second-order valence-corrected chi connectivity index (χ2v) is 8.82. The van der Waals surface area contributed by atoms with Crippen molar-refractivity contribution < 1.29 is 24.0 Å².